The maximum absolute atomic E-state index is 13.3. The van der Waals surface area contributed by atoms with E-state index in [-0.39, 0.29) is 29.4 Å². The van der Waals surface area contributed by atoms with Crippen molar-refractivity contribution in [3.63, 3.8) is 0 Å². The van der Waals surface area contributed by atoms with Crippen molar-refractivity contribution < 1.29 is 17.9 Å². The molecule has 35 heavy (non-hydrogen) atoms. The molecule has 2 heterocycles. The number of halogens is 1. The van der Waals surface area contributed by atoms with Crippen LogP contribution in [0.5, 0.6) is 0 Å². The third-order valence-electron chi connectivity index (χ3n) is 6.04. The van der Waals surface area contributed by atoms with Gasteiger partial charge in [0.2, 0.25) is 5.91 Å². The molecule has 1 fully saturated rings. The van der Waals surface area contributed by atoms with Crippen molar-refractivity contribution >= 4 is 54.0 Å². The number of hydrogen-bond acceptors (Lipinski definition) is 7. The van der Waals surface area contributed by atoms with Gasteiger partial charge in [-0.25, -0.2) is 13.4 Å². The molecule has 7 nitrogen and oxygen atoms in total. The third-order valence-corrected chi connectivity index (χ3v) is 9.10. The number of hydrogen-bond donors (Lipinski definition) is 0. The number of benzene rings is 2. The van der Waals surface area contributed by atoms with Gasteiger partial charge in [0.05, 0.1) is 34.1 Å². The van der Waals surface area contributed by atoms with Crippen molar-refractivity contribution in [1.29, 1.82) is 0 Å². The highest BCUT2D eigenvalue weighted by Gasteiger charge is 2.22. The zero-order valence-electron chi connectivity index (χ0n) is 19.8. The molecule has 0 unspecified atom stereocenters. The van der Waals surface area contributed by atoms with Crippen LogP contribution in [0.4, 0.5) is 5.13 Å². The SMILES string of the molecule is Cc1cc(Cl)cc2sc(N(CCCN3CCOCC3)C(=O)CCCS(=O)(=O)c3ccccc3)nc12. The Labute approximate surface area is 215 Å². The highest BCUT2D eigenvalue weighted by Crippen LogP contribution is 2.33. The molecule has 0 bridgehead atoms. The van der Waals surface area contributed by atoms with Gasteiger partial charge in [-0.05, 0) is 49.6 Å². The van der Waals surface area contributed by atoms with Gasteiger partial charge in [-0.2, -0.15) is 0 Å². The topological polar surface area (TPSA) is 79.8 Å². The lowest BCUT2D eigenvalue weighted by Crippen LogP contribution is -2.39. The van der Waals surface area contributed by atoms with Gasteiger partial charge >= 0.3 is 0 Å². The first-order valence-electron chi connectivity index (χ1n) is 11.8. The molecule has 0 radical (unpaired) electrons. The van der Waals surface area contributed by atoms with Crippen LogP contribution in [0.15, 0.2) is 47.4 Å². The molecule has 188 valence electrons. The molecule has 1 aromatic heterocycles. The van der Waals surface area contributed by atoms with Crippen molar-refractivity contribution in [2.75, 3.05) is 50.0 Å². The summed E-state index contributed by atoms with van der Waals surface area (Å²) in [5.74, 6) is -0.183. The molecule has 1 saturated heterocycles. The number of ether oxygens (including phenoxy) is 1. The number of anilines is 1. The first kappa shape index (κ1) is 26.0. The second-order valence-corrected chi connectivity index (χ2v) is 12.2. The lowest BCUT2D eigenvalue weighted by Gasteiger charge is -2.27. The molecule has 0 aliphatic carbocycles. The van der Waals surface area contributed by atoms with Crippen molar-refractivity contribution in [2.45, 2.75) is 31.1 Å². The number of aryl methyl sites for hydroxylation is 1. The Morgan fingerprint density at radius 2 is 1.91 bits per heavy atom. The number of rotatable bonds is 10. The van der Waals surface area contributed by atoms with Crippen LogP contribution in [0.25, 0.3) is 10.2 Å². The summed E-state index contributed by atoms with van der Waals surface area (Å²) in [6.07, 6.45) is 1.19. The first-order chi connectivity index (χ1) is 16.8. The van der Waals surface area contributed by atoms with Crippen LogP contribution >= 0.6 is 22.9 Å². The molecule has 0 N–H and O–H groups in total. The fourth-order valence-corrected chi connectivity index (χ4v) is 6.95. The third kappa shape index (κ3) is 6.80. The standard InChI is InChI=1S/C25H30ClN3O4S2/c1-19-17-20(26)18-22-24(19)27-25(34-22)29(11-6-10-28-12-14-33-15-13-28)23(30)9-5-16-35(31,32)21-7-3-2-4-8-21/h2-4,7-8,17-18H,5-6,9-16H2,1H3. The smallest absolute Gasteiger partial charge is 0.228 e. The van der Waals surface area contributed by atoms with Gasteiger partial charge in [0.1, 0.15) is 0 Å². The Morgan fingerprint density at radius 1 is 1.17 bits per heavy atom. The maximum Gasteiger partial charge on any atom is 0.228 e. The van der Waals surface area contributed by atoms with Crippen molar-refractivity contribution in [1.82, 2.24) is 9.88 Å². The number of aromatic nitrogens is 1. The second-order valence-electron chi connectivity index (χ2n) is 8.65. The summed E-state index contributed by atoms with van der Waals surface area (Å²) in [4.78, 5) is 22.4. The van der Waals surface area contributed by atoms with Crippen LogP contribution in [0, 0.1) is 6.92 Å². The molecule has 10 heteroatoms. The van der Waals surface area contributed by atoms with Gasteiger partial charge in [0.25, 0.3) is 0 Å². The number of fused-ring (bicyclic) bond motifs is 1. The summed E-state index contributed by atoms with van der Waals surface area (Å²) in [6, 6.07) is 12.1. The Bertz CT molecular complexity index is 1260. The second kappa shape index (κ2) is 11.8. The maximum atomic E-state index is 13.3. The number of thiazole rings is 1. The number of amides is 1. The lowest BCUT2D eigenvalue weighted by molar-refractivity contribution is -0.118. The molecule has 1 aliphatic rings. The largest absolute Gasteiger partial charge is 0.379 e. The first-order valence-corrected chi connectivity index (χ1v) is 14.6. The van der Waals surface area contributed by atoms with E-state index in [0.29, 0.717) is 16.7 Å². The van der Waals surface area contributed by atoms with E-state index in [0.717, 1.165) is 55.0 Å². The van der Waals surface area contributed by atoms with E-state index < -0.39 is 9.84 Å². The minimum Gasteiger partial charge on any atom is -0.379 e. The van der Waals surface area contributed by atoms with Gasteiger partial charge in [-0.3, -0.25) is 14.6 Å². The number of nitrogens with zero attached hydrogens (tertiary/aromatic N) is 3. The predicted molar refractivity (Wildman–Crippen MR) is 141 cm³/mol. The average Bonchev–Trinajstić information content (AvgIpc) is 3.27. The summed E-state index contributed by atoms with van der Waals surface area (Å²) in [5, 5.41) is 1.27. The molecule has 0 saturated carbocycles. The van der Waals surface area contributed by atoms with E-state index >= 15 is 0 Å². The number of carbonyl (C=O) groups is 1. The number of morpholine rings is 1. The van der Waals surface area contributed by atoms with E-state index in [1.54, 1.807) is 35.2 Å². The van der Waals surface area contributed by atoms with Crippen LogP contribution in [0.3, 0.4) is 0 Å². The van der Waals surface area contributed by atoms with Crippen LogP contribution in [0.2, 0.25) is 5.02 Å². The van der Waals surface area contributed by atoms with E-state index in [1.807, 2.05) is 19.1 Å². The fraction of sp³-hybridized carbons (Fsp3) is 0.440. The molecule has 1 aliphatic heterocycles. The summed E-state index contributed by atoms with van der Waals surface area (Å²) in [6.45, 7) is 6.59. The van der Waals surface area contributed by atoms with Gasteiger partial charge in [-0.1, -0.05) is 41.1 Å². The Kier molecular flexibility index (Phi) is 8.77. The average molecular weight is 536 g/mol. The quantitative estimate of drug-likeness (QED) is 0.378. The molecule has 0 spiro atoms. The van der Waals surface area contributed by atoms with E-state index in [9.17, 15) is 13.2 Å². The summed E-state index contributed by atoms with van der Waals surface area (Å²) < 4.78 is 31.6. The molecule has 3 aromatic rings. The van der Waals surface area contributed by atoms with Gasteiger partial charge < -0.3 is 4.74 Å². The van der Waals surface area contributed by atoms with Crippen LogP contribution in [0.1, 0.15) is 24.8 Å². The minimum atomic E-state index is -3.43. The lowest BCUT2D eigenvalue weighted by atomic mass is 10.2. The van der Waals surface area contributed by atoms with Crippen molar-refractivity contribution in [3.8, 4) is 0 Å². The number of sulfone groups is 1. The van der Waals surface area contributed by atoms with Crippen LogP contribution in [-0.2, 0) is 19.4 Å². The van der Waals surface area contributed by atoms with Crippen LogP contribution < -0.4 is 4.90 Å². The van der Waals surface area contributed by atoms with Crippen LogP contribution in [-0.4, -0.2) is 69.4 Å². The summed E-state index contributed by atoms with van der Waals surface area (Å²) in [5.41, 5.74) is 1.80. The zero-order valence-corrected chi connectivity index (χ0v) is 22.2. The van der Waals surface area contributed by atoms with Crippen molar-refractivity contribution in [3.05, 3.63) is 53.1 Å². The molecule has 1 amide bonds. The minimum absolute atomic E-state index is 0.0705. The highest BCUT2D eigenvalue weighted by atomic mass is 35.5. The molecule has 0 atom stereocenters. The zero-order chi connectivity index (χ0) is 24.8. The predicted octanol–water partition coefficient (Wildman–Crippen LogP) is 4.57. The van der Waals surface area contributed by atoms with E-state index in [2.05, 4.69) is 4.90 Å². The normalized spacial score (nSPS) is 14.9. The fourth-order valence-electron chi connectivity index (χ4n) is 4.16. The van der Waals surface area contributed by atoms with Crippen molar-refractivity contribution in [2.24, 2.45) is 0 Å². The molecular formula is C25H30ClN3O4S2. The molecule has 4 rings (SSSR count). The molecule has 2 aromatic carbocycles. The van der Waals surface area contributed by atoms with Gasteiger partial charge in [-0.15, -0.1) is 0 Å². The van der Waals surface area contributed by atoms with E-state index in [4.69, 9.17) is 21.3 Å². The number of carbonyl (C=O) groups excluding carboxylic acids is 1. The molecular weight excluding hydrogens is 506 g/mol. The summed E-state index contributed by atoms with van der Waals surface area (Å²) in [7, 11) is -3.43. The van der Waals surface area contributed by atoms with E-state index in [1.165, 1.54) is 11.3 Å². The summed E-state index contributed by atoms with van der Waals surface area (Å²) >= 11 is 7.67. The monoisotopic (exact) mass is 535 g/mol. The van der Waals surface area contributed by atoms with Gasteiger partial charge in [0, 0.05) is 37.6 Å². The Hall–Kier alpha value is -2.04. The van der Waals surface area contributed by atoms with Gasteiger partial charge in [0.15, 0.2) is 15.0 Å². The Balaban J connectivity index is 1.46. The highest BCUT2D eigenvalue weighted by molar-refractivity contribution is 7.91. The Morgan fingerprint density at radius 3 is 2.66 bits per heavy atom.